The van der Waals surface area contributed by atoms with Crippen LogP contribution in [-0.4, -0.2) is 31.1 Å². The molecule has 24 heavy (non-hydrogen) atoms. The zero-order valence-corrected chi connectivity index (χ0v) is 16.7. The zero-order valence-electron chi connectivity index (χ0n) is 14.6. The lowest BCUT2D eigenvalue weighted by Crippen LogP contribution is -2.36. The summed E-state index contributed by atoms with van der Waals surface area (Å²) in [4.78, 5) is 14.8. The number of aryl methyl sites for hydroxylation is 1. The molecule has 5 nitrogen and oxygen atoms in total. The van der Waals surface area contributed by atoms with Crippen molar-refractivity contribution in [1.82, 2.24) is 4.90 Å². The zero-order chi connectivity index (χ0) is 17.9. The van der Waals surface area contributed by atoms with Crippen LogP contribution in [0.15, 0.2) is 28.7 Å². The normalized spacial score (nSPS) is 10.8. The van der Waals surface area contributed by atoms with Gasteiger partial charge in [0.05, 0.1) is 26.3 Å². The van der Waals surface area contributed by atoms with Gasteiger partial charge < -0.3 is 18.8 Å². The third-order valence-electron chi connectivity index (χ3n) is 3.71. The Kier molecular flexibility index (Phi) is 6.15. The fourth-order valence-corrected chi connectivity index (χ4v) is 3.07. The average molecular weight is 443 g/mol. The largest absolute Gasteiger partial charge is 0.493 e. The Balaban J connectivity index is 2.36. The Bertz CT molecular complexity index is 724. The summed E-state index contributed by atoms with van der Waals surface area (Å²) < 4.78 is 17.1. The van der Waals surface area contributed by atoms with Gasteiger partial charge in [-0.2, -0.15) is 0 Å². The number of hydrogen-bond donors (Lipinski definition) is 0. The number of rotatable bonds is 6. The van der Waals surface area contributed by atoms with Gasteiger partial charge in [-0.3, -0.25) is 4.79 Å². The van der Waals surface area contributed by atoms with E-state index < -0.39 is 0 Å². The molecule has 0 bridgehead atoms. The highest BCUT2D eigenvalue weighted by Gasteiger charge is 2.24. The number of halogens is 1. The number of methoxy groups -OCH3 is 2. The molecule has 0 saturated heterocycles. The van der Waals surface area contributed by atoms with Gasteiger partial charge in [0.25, 0.3) is 5.91 Å². The molecule has 0 atom stereocenters. The standard InChI is InChI=1S/C18H22INO4/c1-11(2)20(10-13-7-6-12(3)24-13)18(21)14-8-16(22-4)17(23-5)9-15(14)19/h6-9,11H,10H2,1-5H3. The molecule has 2 aromatic rings. The van der Waals surface area contributed by atoms with E-state index in [1.54, 1.807) is 25.2 Å². The number of carbonyl (C=O) groups excluding carboxylic acids is 1. The molecule has 130 valence electrons. The topological polar surface area (TPSA) is 51.9 Å². The van der Waals surface area contributed by atoms with Crippen LogP contribution in [0, 0.1) is 10.5 Å². The summed E-state index contributed by atoms with van der Waals surface area (Å²) in [6, 6.07) is 7.37. The second kappa shape index (κ2) is 7.92. The molecule has 1 heterocycles. The first-order chi connectivity index (χ1) is 11.4. The molecule has 0 fully saturated rings. The van der Waals surface area contributed by atoms with Crippen LogP contribution in [0.25, 0.3) is 0 Å². The van der Waals surface area contributed by atoms with Crippen molar-refractivity contribution in [3.8, 4) is 11.5 Å². The van der Waals surface area contributed by atoms with E-state index >= 15 is 0 Å². The summed E-state index contributed by atoms with van der Waals surface area (Å²) in [6.07, 6.45) is 0. The Labute approximate surface area is 156 Å². The van der Waals surface area contributed by atoms with Crippen LogP contribution in [0.5, 0.6) is 11.5 Å². The van der Waals surface area contributed by atoms with Gasteiger partial charge >= 0.3 is 0 Å². The number of benzene rings is 1. The molecule has 1 amide bonds. The Hall–Kier alpha value is -1.70. The summed E-state index contributed by atoms with van der Waals surface area (Å²) in [5, 5.41) is 0. The van der Waals surface area contributed by atoms with Crippen molar-refractivity contribution in [1.29, 1.82) is 0 Å². The van der Waals surface area contributed by atoms with Gasteiger partial charge in [0, 0.05) is 9.61 Å². The van der Waals surface area contributed by atoms with E-state index in [1.165, 1.54) is 0 Å². The maximum atomic E-state index is 13.1. The maximum Gasteiger partial charge on any atom is 0.255 e. The molecule has 0 N–H and O–H groups in total. The van der Waals surface area contributed by atoms with Crippen molar-refractivity contribution in [3.63, 3.8) is 0 Å². The molecule has 2 rings (SSSR count). The van der Waals surface area contributed by atoms with Crippen molar-refractivity contribution < 1.29 is 18.7 Å². The third kappa shape index (κ3) is 4.03. The number of furan rings is 1. The molecule has 0 spiro atoms. The van der Waals surface area contributed by atoms with E-state index in [0.717, 1.165) is 15.1 Å². The molecule has 0 saturated carbocycles. The van der Waals surface area contributed by atoms with Crippen molar-refractivity contribution in [2.75, 3.05) is 14.2 Å². The molecule has 1 aromatic carbocycles. The number of hydrogen-bond acceptors (Lipinski definition) is 4. The van der Waals surface area contributed by atoms with Crippen LogP contribution in [0.1, 0.15) is 35.7 Å². The smallest absolute Gasteiger partial charge is 0.255 e. The molecular formula is C18H22INO4. The maximum absolute atomic E-state index is 13.1. The van der Waals surface area contributed by atoms with E-state index in [-0.39, 0.29) is 11.9 Å². The minimum Gasteiger partial charge on any atom is -0.493 e. The molecule has 6 heteroatoms. The van der Waals surface area contributed by atoms with Crippen molar-refractivity contribution in [2.45, 2.75) is 33.4 Å². The minimum absolute atomic E-state index is 0.0341. The van der Waals surface area contributed by atoms with Gasteiger partial charge in [0.2, 0.25) is 0 Å². The highest BCUT2D eigenvalue weighted by molar-refractivity contribution is 14.1. The highest BCUT2D eigenvalue weighted by Crippen LogP contribution is 2.32. The number of amides is 1. The lowest BCUT2D eigenvalue weighted by atomic mass is 10.1. The molecule has 1 aromatic heterocycles. The summed E-state index contributed by atoms with van der Waals surface area (Å²) in [6.45, 7) is 6.29. The average Bonchev–Trinajstić information content (AvgIpc) is 2.96. The molecular weight excluding hydrogens is 421 g/mol. The van der Waals surface area contributed by atoms with Gasteiger partial charge in [0.15, 0.2) is 11.5 Å². The molecule has 0 aliphatic rings. The highest BCUT2D eigenvalue weighted by atomic mass is 127. The van der Waals surface area contributed by atoms with E-state index in [0.29, 0.717) is 23.6 Å². The first kappa shape index (κ1) is 18.6. The van der Waals surface area contributed by atoms with Crippen LogP contribution in [0.3, 0.4) is 0 Å². The number of nitrogens with zero attached hydrogens (tertiary/aromatic N) is 1. The first-order valence-corrected chi connectivity index (χ1v) is 8.73. The predicted octanol–water partition coefficient (Wildman–Crippen LogP) is 4.26. The lowest BCUT2D eigenvalue weighted by molar-refractivity contribution is 0.0674. The first-order valence-electron chi connectivity index (χ1n) is 7.65. The minimum atomic E-state index is -0.0654. The molecule has 0 radical (unpaired) electrons. The third-order valence-corrected chi connectivity index (χ3v) is 4.60. The Morgan fingerprint density at radius 3 is 2.33 bits per heavy atom. The van der Waals surface area contributed by atoms with Gasteiger partial charge in [-0.1, -0.05) is 0 Å². The van der Waals surface area contributed by atoms with E-state index in [1.807, 2.05) is 39.0 Å². The van der Waals surface area contributed by atoms with Crippen molar-refractivity contribution in [3.05, 3.63) is 44.9 Å². The van der Waals surface area contributed by atoms with Gasteiger partial charge in [-0.15, -0.1) is 0 Å². The summed E-state index contributed by atoms with van der Waals surface area (Å²) >= 11 is 2.14. The van der Waals surface area contributed by atoms with Crippen LogP contribution in [0.2, 0.25) is 0 Å². The van der Waals surface area contributed by atoms with Crippen LogP contribution < -0.4 is 9.47 Å². The monoisotopic (exact) mass is 443 g/mol. The number of carbonyl (C=O) groups is 1. The quantitative estimate of drug-likeness (QED) is 0.627. The second-order valence-electron chi connectivity index (χ2n) is 5.73. The fraction of sp³-hybridized carbons (Fsp3) is 0.389. The molecule has 0 unspecified atom stereocenters. The SMILES string of the molecule is COc1cc(I)c(C(=O)N(Cc2ccc(C)o2)C(C)C)cc1OC. The second-order valence-corrected chi connectivity index (χ2v) is 6.89. The van der Waals surface area contributed by atoms with E-state index in [9.17, 15) is 4.79 Å². The van der Waals surface area contributed by atoms with Gasteiger partial charge in [-0.25, -0.2) is 0 Å². The van der Waals surface area contributed by atoms with Crippen molar-refractivity contribution >= 4 is 28.5 Å². The van der Waals surface area contributed by atoms with Crippen LogP contribution in [-0.2, 0) is 6.54 Å². The van der Waals surface area contributed by atoms with Crippen LogP contribution in [0.4, 0.5) is 0 Å². The summed E-state index contributed by atoms with van der Waals surface area (Å²) in [5.41, 5.74) is 0.588. The lowest BCUT2D eigenvalue weighted by Gasteiger charge is -2.26. The Morgan fingerprint density at radius 1 is 1.21 bits per heavy atom. The summed E-state index contributed by atoms with van der Waals surface area (Å²) in [7, 11) is 3.14. The van der Waals surface area contributed by atoms with E-state index in [2.05, 4.69) is 22.6 Å². The van der Waals surface area contributed by atoms with E-state index in [4.69, 9.17) is 13.9 Å². The van der Waals surface area contributed by atoms with Gasteiger partial charge in [-0.05, 0) is 67.6 Å². The Morgan fingerprint density at radius 2 is 1.83 bits per heavy atom. The molecule has 0 aliphatic carbocycles. The number of ether oxygens (including phenoxy) is 2. The predicted molar refractivity (Wildman–Crippen MR) is 101 cm³/mol. The molecule has 0 aliphatic heterocycles. The van der Waals surface area contributed by atoms with Crippen LogP contribution >= 0.6 is 22.6 Å². The fourth-order valence-electron chi connectivity index (χ4n) is 2.40. The van der Waals surface area contributed by atoms with Gasteiger partial charge in [0.1, 0.15) is 11.5 Å². The summed E-state index contributed by atoms with van der Waals surface area (Å²) in [5.74, 6) is 2.69. The van der Waals surface area contributed by atoms with Crippen molar-refractivity contribution in [2.24, 2.45) is 0 Å².